The Hall–Kier alpha value is -2.08. The van der Waals surface area contributed by atoms with Gasteiger partial charge in [0.25, 0.3) is 5.91 Å². The first-order valence-corrected chi connectivity index (χ1v) is 6.70. The molecule has 2 rings (SSSR count). The zero-order valence-corrected chi connectivity index (χ0v) is 11.5. The lowest BCUT2D eigenvalue weighted by Gasteiger charge is -2.08. The molecule has 100 valence electrons. The predicted molar refractivity (Wildman–Crippen MR) is 74.1 cm³/mol. The minimum atomic E-state index is -1.03. The highest BCUT2D eigenvalue weighted by molar-refractivity contribution is 7.12. The minimum absolute atomic E-state index is 0.153. The third-order valence-electron chi connectivity index (χ3n) is 2.81. The fourth-order valence-corrected chi connectivity index (χ4v) is 2.67. The zero-order chi connectivity index (χ0) is 14.0. The Bertz CT molecular complexity index is 628. The monoisotopic (exact) mass is 278 g/mol. The summed E-state index contributed by atoms with van der Waals surface area (Å²) in [5.74, 6) is -1.32. The third-order valence-corrected chi connectivity index (χ3v) is 3.90. The summed E-state index contributed by atoms with van der Waals surface area (Å²) in [4.78, 5) is 23.4. The van der Waals surface area contributed by atoms with Crippen LogP contribution in [0.5, 0.6) is 0 Å². The number of nitrogens with one attached hydrogen (secondary N) is 1. The molecular formula is C13H14N2O3S. The van der Waals surface area contributed by atoms with Crippen molar-refractivity contribution in [2.24, 2.45) is 0 Å². The van der Waals surface area contributed by atoms with Crippen LogP contribution in [0.1, 0.15) is 32.6 Å². The molecular weight excluding hydrogens is 264 g/mol. The van der Waals surface area contributed by atoms with Crippen molar-refractivity contribution in [1.82, 2.24) is 4.57 Å². The summed E-state index contributed by atoms with van der Waals surface area (Å²) in [5, 5.41) is 13.5. The van der Waals surface area contributed by atoms with E-state index in [4.69, 9.17) is 5.11 Å². The second kappa shape index (κ2) is 5.27. The molecule has 0 spiro atoms. The number of nitrogens with zero attached hydrogens (tertiary/aromatic N) is 1. The molecule has 2 N–H and O–H groups in total. The van der Waals surface area contributed by atoms with E-state index < -0.39 is 5.97 Å². The summed E-state index contributed by atoms with van der Waals surface area (Å²) in [7, 11) is 0. The smallest absolute Gasteiger partial charge is 0.348 e. The van der Waals surface area contributed by atoms with Crippen LogP contribution in [0.4, 0.5) is 5.69 Å². The molecule has 0 fully saturated rings. The fraction of sp³-hybridized carbons (Fsp3) is 0.231. The van der Waals surface area contributed by atoms with Crippen molar-refractivity contribution in [3.8, 4) is 0 Å². The Morgan fingerprint density at radius 2 is 2.21 bits per heavy atom. The number of amides is 1. The van der Waals surface area contributed by atoms with Crippen LogP contribution in [0.15, 0.2) is 23.7 Å². The molecule has 6 heteroatoms. The minimum Gasteiger partial charge on any atom is -0.477 e. The van der Waals surface area contributed by atoms with Gasteiger partial charge in [0, 0.05) is 12.7 Å². The molecule has 0 aliphatic carbocycles. The molecule has 0 unspecified atom stereocenters. The first-order valence-electron chi connectivity index (χ1n) is 5.82. The number of aryl methyl sites for hydroxylation is 2. The van der Waals surface area contributed by atoms with E-state index in [2.05, 4.69) is 5.32 Å². The average Bonchev–Trinajstić information content (AvgIpc) is 2.96. The Morgan fingerprint density at radius 3 is 2.84 bits per heavy atom. The summed E-state index contributed by atoms with van der Waals surface area (Å²) in [6.45, 7) is 4.40. The Balaban J connectivity index is 2.29. The van der Waals surface area contributed by atoms with Gasteiger partial charge in [0.15, 0.2) is 0 Å². The van der Waals surface area contributed by atoms with E-state index in [0.717, 1.165) is 16.9 Å². The molecule has 0 saturated carbocycles. The van der Waals surface area contributed by atoms with Crippen LogP contribution in [-0.4, -0.2) is 21.6 Å². The summed E-state index contributed by atoms with van der Waals surface area (Å²) < 4.78 is 1.80. The van der Waals surface area contributed by atoms with E-state index >= 15 is 0 Å². The van der Waals surface area contributed by atoms with Gasteiger partial charge in [-0.1, -0.05) is 0 Å². The van der Waals surface area contributed by atoms with Crippen LogP contribution >= 0.6 is 11.3 Å². The number of rotatable bonds is 4. The van der Waals surface area contributed by atoms with E-state index in [-0.39, 0.29) is 10.8 Å². The maximum atomic E-state index is 12.2. The highest BCUT2D eigenvalue weighted by atomic mass is 32.1. The maximum absolute atomic E-state index is 12.2. The van der Waals surface area contributed by atoms with Crippen molar-refractivity contribution in [2.75, 3.05) is 5.32 Å². The SMILES string of the molecule is CCn1cccc1C(=O)Nc1c(C)csc1C(=O)O. The molecule has 0 bridgehead atoms. The Kier molecular flexibility index (Phi) is 3.71. The van der Waals surface area contributed by atoms with Crippen LogP contribution < -0.4 is 5.32 Å². The fourth-order valence-electron chi connectivity index (χ4n) is 1.83. The Labute approximate surface area is 114 Å². The summed E-state index contributed by atoms with van der Waals surface area (Å²) in [6.07, 6.45) is 1.81. The van der Waals surface area contributed by atoms with Crippen LogP contribution in [0.3, 0.4) is 0 Å². The number of aromatic nitrogens is 1. The molecule has 0 atom stereocenters. The average molecular weight is 278 g/mol. The van der Waals surface area contributed by atoms with E-state index in [9.17, 15) is 9.59 Å². The number of carbonyl (C=O) groups excluding carboxylic acids is 1. The largest absolute Gasteiger partial charge is 0.477 e. The van der Waals surface area contributed by atoms with Gasteiger partial charge in [0.1, 0.15) is 10.6 Å². The summed E-state index contributed by atoms with van der Waals surface area (Å²) >= 11 is 1.11. The van der Waals surface area contributed by atoms with Gasteiger partial charge in [0.2, 0.25) is 0 Å². The molecule has 19 heavy (non-hydrogen) atoms. The molecule has 1 amide bonds. The van der Waals surface area contributed by atoms with E-state index in [1.54, 1.807) is 29.0 Å². The van der Waals surface area contributed by atoms with Crippen molar-refractivity contribution >= 4 is 28.9 Å². The molecule has 2 aromatic rings. The lowest BCUT2D eigenvalue weighted by molar-refractivity contribution is 0.0703. The maximum Gasteiger partial charge on any atom is 0.348 e. The quantitative estimate of drug-likeness (QED) is 0.903. The second-order valence-electron chi connectivity index (χ2n) is 4.06. The van der Waals surface area contributed by atoms with E-state index in [1.807, 2.05) is 13.1 Å². The standard InChI is InChI=1S/C13H14N2O3S/c1-3-15-6-4-5-9(15)12(16)14-10-8(2)7-19-11(10)13(17)18/h4-7H,3H2,1-2H3,(H,14,16)(H,17,18). The molecule has 0 aliphatic heterocycles. The topological polar surface area (TPSA) is 71.3 Å². The number of carboxylic acids is 1. The van der Waals surface area contributed by atoms with Gasteiger partial charge in [-0.15, -0.1) is 11.3 Å². The van der Waals surface area contributed by atoms with Crippen LogP contribution in [0, 0.1) is 6.92 Å². The molecule has 0 radical (unpaired) electrons. The molecule has 5 nitrogen and oxygen atoms in total. The van der Waals surface area contributed by atoms with Crippen molar-refractivity contribution in [1.29, 1.82) is 0 Å². The number of carboxylic acid groups (broad SMARTS) is 1. The van der Waals surface area contributed by atoms with Crippen LogP contribution in [0.2, 0.25) is 0 Å². The van der Waals surface area contributed by atoms with Crippen LogP contribution in [-0.2, 0) is 6.54 Å². The first-order chi connectivity index (χ1) is 9.04. The lowest BCUT2D eigenvalue weighted by Crippen LogP contribution is -2.17. The molecule has 2 heterocycles. The van der Waals surface area contributed by atoms with Crippen molar-refractivity contribution in [2.45, 2.75) is 20.4 Å². The van der Waals surface area contributed by atoms with Gasteiger partial charge >= 0.3 is 5.97 Å². The van der Waals surface area contributed by atoms with E-state index in [0.29, 0.717) is 17.9 Å². The lowest BCUT2D eigenvalue weighted by atomic mass is 10.2. The number of hydrogen-bond donors (Lipinski definition) is 2. The zero-order valence-electron chi connectivity index (χ0n) is 10.6. The van der Waals surface area contributed by atoms with Gasteiger partial charge in [-0.25, -0.2) is 4.79 Å². The number of carbonyl (C=O) groups is 2. The molecule has 2 aromatic heterocycles. The van der Waals surface area contributed by atoms with Crippen molar-refractivity contribution in [3.05, 3.63) is 39.8 Å². The summed E-state index contributed by atoms with van der Waals surface area (Å²) in [6, 6.07) is 3.50. The van der Waals surface area contributed by atoms with Crippen molar-refractivity contribution < 1.29 is 14.7 Å². The van der Waals surface area contributed by atoms with Gasteiger partial charge in [0.05, 0.1) is 5.69 Å². The summed E-state index contributed by atoms with van der Waals surface area (Å²) in [5.41, 5.74) is 1.65. The molecule has 0 aliphatic rings. The number of thiophene rings is 1. The second-order valence-corrected chi connectivity index (χ2v) is 4.94. The van der Waals surface area contributed by atoms with Crippen LogP contribution in [0.25, 0.3) is 0 Å². The van der Waals surface area contributed by atoms with Gasteiger partial charge < -0.3 is 15.0 Å². The number of anilines is 1. The predicted octanol–water partition coefficient (Wildman–Crippen LogP) is 2.83. The van der Waals surface area contributed by atoms with Gasteiger partial charge in [-0.05, 0) is 36.9 Å². The highest BCUT2D eigenvalue weighted by Crippen LogP contribution is 2.28. The van der Waals surface area contributed by atoms with Crippen molar-refractivity contribution in [3.63, 3.8) is 0 Å². The number of aromatic carboxylic acids is 1. The normalized spacial score (nSPS) is 10.4. The van der Waals surface area contributed by atoms with E-state index in [1.165, 1.54) is 0 Å². The number of hydrogen-bond acceptors (Lipinski definition) is 3. The molecule has 0 aromatic carbocycles. The highest BCUT2D eigenvalue weighted by Gasteiger charge is 2.19. The van der Waals surface area contributed by atoms with Gasteiger partial charge in [-0.2, -0.15) is 0 Å². The molecule has 0 saturated heterocycles. The Morgan fingerprint density at radius 1 is 1.47 bits per heavy atom. The third kappa shape index (κ3) is 2.53. The first kappa shape index (κ1) is 13.4. The van der Waals surface area contributed by atoms with Gasteiger partial charge in [-0.3, -0.25) is 4.79 Å².